The minimum Gasteiger partial charge on any atom is -0.442 e. The lowest BCUT2D eigenvalue weighted by Gasteiger charge is -2.22. The second-order valence-corrected chi connectivity index (χ2v) is 8.43. The molecule has 1 saturated heterocycles. The molecule has 3 N–H and O–H groups in total. The van der Waals surface area contributed by atoms with E-state index >= 15 is 0 Å². The van der Waals surface area contributed by atoms with Crippen LogP contribution in [-0.2, 0) is 17.7 Å². The number of halogens is 1. The van der Waals surface area contributed by atoms with Crippen LogP contribution in [0.2, 0.25) is 0 Å². The number of carbonyl (C=O) groups excluding carboxylic acids is 1. The Kier molecular flexibility index (Phi) is 6.24. The quantitative estimate of drug-likeness (QED) is 0.411. The van der Waals surface area contributed by atoms with Crippen LogP contribution < -0.4 is 10.6 Å². The molecule has 3 atom stereocenters. The average molecular weight is 461 g/mol. The lowest BCUT2D eigenvalue weighted by Crippen LogP contribution is -2.41. The summed E-state index contributed by atoms with van der Waals surface area (Å²) in [5.74, 6) is -0.365. The number of hydrogen-bond acceptors (Lipinski definition) is 5. The molecular formula is C26H25FN4O3. The Balaban J connectivity index is 1.20. The summed E-state index contributed by atoms with van der Waals surface area (Å²) >= 11 is 0. The fourth-order valence-corrected chi connectivity index (χ4v) is 4.25. The fraction of sp³-hybridized carbons (Fsp3) is 0.231. The molecule has 0 bridgehead atoms. The number of aliphatic hydroxyl groups is 1. The van der Waals surface area contributed by atoms with Gasteiger partial charge in [-0.25, -0.2) is 14.2 Å². The van der Waals surface area contributed by atoms with E-state index in [0.717, 1.165) is 22.5 Å². The Bertz CT molecular complexity index is 1260. The monoisotopic (exact) mass is 460 g/mol. The predicted octanol–water partition coefficient (Wildman–Crippen LogP) is 3.31. The van der Waals surface area contributed by atoms with Crippen molar-refractivity contribution in [2.45, 2.75) is 31.2 Å². The standard InChI is InChI=1S/C26H25FN4O3/c27-20-5-3-4-18(12-20)14-29-26(33)34-25-21(28-15-23(25)32)13-17-7-9-19(10-8-17)22-16-31-11-2-1-6-24(31)30-22/h1-12,16,21,23,25,28,32H,13-15H2,(H,29,33). The summed E-state index contributed by atoms with van der Waals surface area (Å²) in [5.41, 5.74) is 4.47. The number of fused-ring (bicyclic) bond motifs is 1. The number of pyridine rings is 1. The van der Waals surface area contributed by atoms with Crippen LogP contribution >= 0.6 is 0 Å². The zero-order valence-corrected chi connectivity index (χ0v) is 18.4. The van der Waals surface area contributed by atoms with E-state index in [9.17, 15) is 14.3 Å². The number of β-amino-alcohol motifs (C(OH)–C–C–N with tert-alkyl or cyclic N) is 1. The largest absolute Gasteiger partial charge is 0.442 e. The summed E-state index contributed by atoms with van der Waals surface area (Å²) < 4.78 is 20.8. The number of carbonyl (C=O) groups is 1. The fourth-order valence-electron chi connectivity index (χ4n) is 4.25. The lowest BCUT2D eigenvalue weighted by molar-refractivity contribution is 0.0188. The molecule has 0 aliphatic carbocycles. The van der Waals surface area contributed by atoms with Gasteiger partial charge in [-0.2, -0.15) is 0 Å². The maximum Gasteiger partial charge on any atom is 0.407 e. The van der Waals surface area contributed by atoms with Crippen LogP contribution in [0.4, 0.5) is 9.18 Å². The first-order valence-corrected chi connectivity index (χ1v) is 11.2. The van der Waals surface area contributed by atoms with Crippen molar-refractivity contribution in [2.24, 2.45) is 0 Å². The zero-order valence-electron chi connectivity index (χ0n) is 18.4. The summed E-state index contributed by atoms with van der Waals surface area (Å²) in [7, 11) is 0. The van der Waals surface area contributed by atoms with Crippen LogP contribution in [0.15, 0.2) is 79.1 Å². The molecule has 1 fully saturated rings. The normalized spacial score (nSPS) is 19.9. The summed E-state index contributed by atoms with van der Waals surface area (Å²) in [6.07, 6.45) is 2.40. The SMILES string of the molecule is O=C(NCc1cccc(F)c1)OC1C(O)CNC1Cc1ccc(-c2cn3ccccc3n2)cc1. The highest BCUT2D eigenvalue weighted by molar-refractivity contribution is 5.67. The Hall–Kier alpha value is -3.75. The Labute approximate surface area is 196 Å². The van der Waals surface area contributed by atoms with E-state index in [4.69, 9.17) is 4.74 Å². The molecule has 1 aliphatic heterocycles. The summed E-state index contributed by atoms with van der Waals surface area (Å²) in [6, 6.07) is 19.7. The van der Waals surface area contributed by atoms with Gasteiger partial charge >= 0.3 is 6.09 Å². The van der Waals surface area contributed by atoms with Crippen LogP contribution in [0.25, 0.3) is 16.9 Å². The third kappa shape index (κ3) is 4.93. The zero-order chi connectivity index (χ0) is 23.5. The van der Waals surface area contributed by atoms with Crippen molar-refractivity contribution in [3.63, 3.8) is 0 Å². The first-order chi connectivity index (χ1) is 16.5. The molecule has 7 nitrogen and oxygen atoms in total. The number of amides is 1. The van der Waals surface area contributed by atoms with Gasteiger partial charge in [-0.1, -0.05) is 42.5 Å². The molecule has 2 aromatic carbocycles. The van der Waals surface area contributed by atoms with E-state index < -0.39 is 18.3 Å². The smallest absolute Gasteiger partial charge is 0.407 e. The Morgan fingerprint density at radius 2 is 2.00 bits per heavy atom. The van der Waals surface area contributed by atoms with Crippen molar-refractivity contribution in [1.82, 2.24) is 20.0 Å². The first-order valence-electron chi connectivity index (χ1n) is 11.2. The van der Waals surface area contributed by atoms with Gasteiger partial charge in [0.15, 0.2) is 0 Å². The maximum absolute atomic E-state index is 13.3. The van der Waals surface area contributed by atoms with Crippen molar-refractivity contribution in [2.75, 3.05) is 6.54 Å². The van der Waals surface area contributed by atoms with Gasteiger partial charge in [-0.05, 0) is 41.8 Å². The van der Waals surface area contributed by atoms with E-state index in [1.807, 2.05) is 59.3 Å². The number of hydrogen-bond donors (Lipinski definition) is 3. The number of alkyl carbamates (subject to hydrolysis) is 1. The van der Waals surface area contributed by atoms with Crippen LogP contribution in [0.5, 0.6) is 0 Å². The molecule has 0 radical (unpaired) electrons. The minimum absolute atomic E-state index is 0.141. The second-order valence-electron chi connectivity index (χ2n) is 8.43. The molecular weight excluding hydrogens is 435 g/mol. The van der Waals surface area contributed by atoms with Crippen molar-refractivity contribution in [3.8, 4) is 11.3 Å². The van der Waals surface area contributed by atoms with E-state index in [0.29, 0.717) is 18.5 Å². The van der Waals surface area contributed by atoms with Gasteiger partial charge in [0, 0.05) is 31.0 Å². The summed E-state index contributed by atoms with van der Waals surface area (Å²) in [6.45, 7) is 0.480. The Morgan fingerprint density at radius 3 is 2.79 bits per heavy atom. The van der Waals surface area contributed by atoms with Gasteiger partial charge in [0.1, 0.15) is 23.7 Å². The van der Waals surface area contributed by atoms with Gasteiger partial charge < -0.3 is 24.9 Å². The van der Waals surface area contributed by atoms with Crippen LogP contribution in [0.3, 0.4) is 0 Å². The minimum atomic E-state index is -0.804. The van der Waals surface area contributed by atoms with Crippen LogP contribution in [0.1, 0.15) is 11.1 Å². The van der Waals surface area contributed by atoms with Gasteiger partial charge in [-0.3, -0.25) is 0 Å². The van der Waals surface area contributed by atoms with Crippen LogP contribution in [0, 0.1) is 5.82 Å². The van der Waals surface area contributed by atoms with E-state index in [1.54, 1.807) is 12.1 Å². The molecule has 0 saturated carbocycles. The van der Waals surface area contributed by atoms with E-state index in [-0.39, 0.29) is 18.4 Å². The van der Waals surface area contributed by atoms with Crippen molar-refractivity contribution >= 4 is 11.7 Å². The molecule has 2 aromatic heterocycles. The molecule has 174 valence electrons. The van der Waals surface area contributed by atoms with Gasteiger partial charge in [0.05, 0.1) is 11.7 Å². The highest BCUT2D eigenvalue weighted by Gasteiger charge is 2.37. The molecule has 5 rings (SSSR count). The van der Waals surface area contributed by atoms with Gasteiger partial charge in [-0.15, -0.1) is 0 Å². The lowest BCUT2D eigenvalue weighted by atomic mass is 10.00. The number of imidazole rings is 1. The van der Waals surface area contributed by atoms with Gasteiger partial charge in [0.25, 0.3) is 0 Å². The number of aliphatic hydroxyl groups excluding tert-OH is 1. The van der Waals surface area contributed by atoms with E-state index in [1.165, 1.54) is 12.1 Å². The molecule has 34 heavy (non-hydrogen) atoms. The third-order valence-electron chi connectivity index (χ3n) is 6.00. The highest BCUT2D eigenvalue weighted by Crippen LogP contribution is 2.22. The molecule has 1 amide bonds. The second kappa shape index (κ2) is 9.62. The summed E-state index contributed by atoms with van der Waals surface area (Å²) in [5, 5.41) is 16.2. The number of ether oxygens (including phenoxy) is 1. The summed E-state index contributed by atoms with van der Waals surface area (Å²) in [4.78, 5) is 16.9. The number of benzene rings is 2. The molecule has 8 heteroatoms. The number of rotatable bonds is 6. The topological polar surface area (TPSA) is 87.9 Å². The number of nitrogens with zero attached hydrogens (tertiary/aromatic N) is 2. The molecule has 3 unspecified atom stereocenters. The molecule has 3 heterocycles. The van der Waals surface area contributed by atoms with Crippen molar-refractivity contribution in [1.29, 1.82) is 0 Å². The number of aromatic nitrogens is 2. The first kappa shape index (κ1) is 22.1. The van der Waals surface area contributed by atoms with Gasteiger partial charge in [0.2, 0.25) is 0 Å². The molecule has 4 aromatic rings. The van der Waals surface area contributed by atoms with Crippen molar-refractivity contribution < 1.29 is 19.0 Å². The number of nitrogens with one attached hydrogen (secondary N) is 2. The van der Waals surface area contributed by atoms with Crippen LogP contribution in [-0.4, -0.2) is 45.4 Å². The van der Waals surface area contributed by atoms with Crippen molar-refractivity contribution in [3.05, 3.63) is 96.1 Å². The highest BCUT2D eigenvalue weighted by atomic mass is 19.1. The predicted molar refractivity (Wildman–Crippen MR) is 126 cm³/mol. The maximum atomic E-state index is 13.3. The molecule has 0 spiro atoms. The average Bonchev–Trinajstić information content (AvgIpc) is 3.42. The molecule has 1 aliphatic rings. The Morgan fingerprint density at radius 1 is 1.15 bits per heavy atom. The van der Waals surface area contributed by atoms with E-state index in [2.05, 4.69) is 15.6 Å². The third-order valence-corrected chi connectivity index (χ3v) is 6.00.